The number of anilines is 1. The largest absolute Gasteiger partial charge is 0.507 e. The van der Waals surface area contributed by atoms with E-state index in [2.05, 4.69) is 18.8 Å². The summed E-state index contributed by atoms with van der Waals surface area (Å²) in [5.41, 5.74) is 2.80. The number of Topliss-reactive ketones (excluding diaryl/α,β-unsaturated/α-hetero) is 1. The zero-order chi connectivity index (χ0) is 22.1. The molecule has 1 saturated heterocycles. The van der Waals surface area contributed by atoms with Gasteiger partial charge in [0.2, 0.25) is 0 Å². The number of nitrogens with zero attached hydrogens (tertiary/aromatic N) is 2. The van der Waals surface area contributed by atoms with Crippen LogP contribution in [0.5, 0.6) is 0 Å². The predicted molar refractivity (Wildman–Crippen MR) is 121 cm³/mol. The van der Waals surface area contributed by atoms with Crippen molar-refractivity contribution < 1.29 is 14.7 Å². The van der Waals surface area contributed by atoms with Gasteiger partial charge in [-0.2, -0.15) is 0 Å². The Labute approximate surface area is 185 Å². The number of aromatic nitrogens is 1. The van der Waals surface area contributed by atoms with Crippen molar-refractivity contribution in [2.75, 3.05) is 4.90 Å². The van der Waals surface area contributed by atoms with E-state index in [1.54, 1.807) is 42.6 Å². The molecule has 2 aromatic carbocycles. The van der Waals surface area contributed by atoms with E-state index in [4.69, 9.17) is 11.6 Å². The van der Waals surface area contributed by atoms with Crippen molar-refractivity contribution in [1.29, 1.82) is 0 Å². The quantitative estimate of drug-likeness (QED) is 0.336. The Morgan fingerprint density at radius 1 is 1.03 bits per heavy atom. The van der Waals surface area contributed by atoms with E-state index in [0.717, 1.165) is 11.1 Å². The van der Waals surface area contributed by atoms with Crippen molar-refractivity contribution in [3.8, 4) is 0 Å². The van der Waals surface area contributed by atoms with Gasteiger partial charge in [0.15, 0.2) is 0 Å². The second kappa shape index (κ2) is 8.36. The maximum Gasteiger partial charge on any atom is 0.300 e. The molecule has 1 aliphatic heterocycles. The number of aliphatic hydroxyl groups excluding tert-OH is 1. The molecule has 1 unspecified atom stereocenters. The predicted octanol–water partition coefficient (Wildman–Crippen LogP) is 5.48. The molecule has 6 heteroatoms. The standard InChI is InChI=1S/C25H21ClN2O3/c1-15(2)16-5-7-17(8-6-16)22-21(23(29)18-9-11-19(26)12-10-18)24(30)25(31)28(22)20-4-3-13-27-14-20/h3-15,22,29H,1-2H3. The molecule has 0 spiro atoms. The third kappa shape index (κ3) is 3.84. The van der Waals surface area contributed by atoms with Gasteiger partial charge in [-0.05, 0) is 53.4 Å². The molecule has 0 radical (unpaired) electrons. The van der Waals surface area contributed by atoms with Crippen LogP contribution in [-0.4, -0.2) is 21.8 Å². The number of rotatable bonds is 4. The molecule has 1 fully saturated rings. The summed E-state index contributed by atoms with van der Waals surface area (Å²) < 4.78 is 0. The van der Waals surface area contributed by atoms with Crippen LogP contribution in [0.25, 0.3) is 5.76 Å². The molecule has 0 bridgehead atoms. The van der Waals surface area contributed by atoms with Gasteiger partial charge in [0, 0.05) is 16.8 Å². The van der Waals surface area contributed by atoms with Crippen molar-refractivity contribution in [2.24, 2.45) is 0 Å². The summed E-state index contributed by atoms with van der Waals surface area (Å²) in [5.74, 6) is -1.34. The van der Waals surface area contributed by atoms with Gasteiger partial charge < -0.3 is 5.11 Å². The number of carbonyl (C=O) groups excluding carboxylic acids is 2. The van der Waals surface area contributed by atoms with Gasteiger partial charge in [-0.1, -0.05) is 49.7 Å². The molecule has 1 N–H and O–H groups in total. The highest BCUT2D eigenvalue weighted by atomic mass is 35.5. The van der Waals surface area contributed by atoms with Crippen LogP contribution >= 0.6 is 11.6 Å². The molecule has 31 heavy (non-hydrogen) atoms. The number of halogens is 1. The summed E-state index contributed by atoms with van der Waals surface area (Å²) >= 11 is 5.96. The van der Waals surface area contributed by atoms with E-state index < -0.39 is 17.7 Å². The third-order valence-corrected chi connectivity index (χ3v) is 5.66. The van der Waals surface area contributed by atoms with Crippen LogP contribution in [0.15, 0.2) is 78.6 Å². The molecule has 5 nitrogen and oxygen atoms in total. The van der Waals surface area contributed by atoms with Gasteiger partial charge in [-0.3, -0.25) is 19.5 Å². The Hall–Kier alpha value is -3.44. The Morgan fingerprint density at radius 2 is 1.71 bits per heavy atom. The van der Waals surface area contributed by atoms with E-state index in [0.29, 0.717) is 22.2 Å². The number of aliphatic hydroxyl groups is 1. The van der Waals surface area contributed by atoms with E-state index in [1.165, 1.54) is 11.1 Å². The minimum Gasteiger partial charge on any atom is -0.507 e. The van der Waals surface area contributed by atoms with Gasteiger partial charge >= 0.3 is 0 Å². The maximum absolute atomic E-state index is 13.1. The first kappa shape index (κ1) is 20.8. The van der Waals surface area contributed by atoms with Crippen LogP contribution in [-0.2, 0) is 9.59 Å². The van der Waals surface area contributed by atoms with E-state index in [9.17, 15) is 14.7 Å². The smallest absolute Gasteiger partial charge is 0.300 e. The van der Waals surface area contributed by atoms with Crippen molar-refractivity contribution in [3.63, 3.8) is 0 Å². The Bertz CT molecular complexity index is 1150. The zero-order valence-corrected chi connectivity index (χ0v) is 17.9. The van der Waals surface area contributed by atoms with Gasteiger partial charge in [0.25, 0.3) is 11.7 Å². The summed E-state index contributed by atoms with van der Waals surface area (Å²) in [6, 6.07) is 16.9. The number of carbonyl (C=O) groups is 2. The minimum absolute atomic E-state index is 0.0356. The molecule has 1 aliphatic rings. The minimum atomic E-state index is -0.777. The van der Waals surface area contributed by atoms with E-state index in [1.807, 2.05) is 24.3 Å². The first-order valence-electron chi connectivity index (χ1n) is 9.95. The molecule has 0 saturated carbocycles. The second-order valence-electron chi connectivity index (χ2n) is 7.71. The fourth-order valence-corrected chi connectivity index (χ4v) is 3.86. The molecule has 1 aromatic heterocycles. The van der Waals surface area contributed by atoms with Crippen molar-refractivity contribution in [2.45, 2.75) is 25.8 Å². The molecule has 1 amide bonds. The molecular weight excluding hydrogens is 412 g/mol. The average Bonchev–Trinajstić information content (AvgIpc) is 3.05. The Kier molecular flexibility index (Phi) is 5.61. The van der Waals surface area contributed by atoms with Crippen LogP contribution in [0.3, 0.4) is 0 Å². The number of hydrogen-bond acceptors (Lipinski definition) is 4. The number of amides is 1. The fourth-order valence-electron chi connectivity index (χ4n) is 3.74. The maximum atomic E-state index is 13.1. The van der Waals surface area contributed by atoms with Gasteiger partial charge in [0.1, 0.15) is 5.76 Å². The topological polar surface area (TPSA) is 70.5 Å². The number of hydrogen-bond donors (Lipinski definition) is 1. The highest BCUT2D eigenvalue weighted by Gasteiger charge is 2.47. The third-order valence-electron chi connectivity index (χ3n) is 5.41. The molecule has 4 rings (SSSR count). The van der Waals surface area contributed by atoms with E-state index in [-0.39, 0.29) is 11.3 Å². The van der Waals surface area contributed by atoms with Crippen LogP contribution < -0.4 is 4.90 Å². The van der Waals surface area contributed by atoms with Gasteiger partial charge in [0.05, 0.1) is 23.5 Å². The molecule has 3 aromatic rings. The summed E-state index contributed by atoms with van der Waals surface area (Å²) in [5, 5.41) is 11.6. The highest BCUT2D eigenvalue weighted by Crippen LogP contribution is 2.42. The molecular formula is C25H21ClN2O3. The van der Waals surface area contributed by atoms with Crippen LogP contribution in [0.4, 0.5) is 5.69 Å². The number of pyridine rings is 1. The monoisotopic (exact) mass is 432 g/mol. The number of benzene rings is 2. The normalized spacial score (nSPS) is 18.1. The van der Waals surface area contributed by atoms with Gasteiger partial charge in [-0.25, -0.2) is 0 Å². The van der Waals surface area contributed by atoms with Crippen LogP contribution in [0.1, 0.15) is 42.5 Å². The summed E-state index contributed by atoms with van der Waals surface area (Å²) in [6.07, 6.45) is 3.13. The lowest BCUT2D eigenvalue weighted by Gasteiger charge is -2.25. The lowest BCUT2D eigenvalue weighted by Crippen LogP contribution is -2.29. The lowest BCUT2D eigenvalue weighted by atomic mass is 9.93. The van der Waals surface area contributed by atoms with Crippen LogP contribution in [0.2, 0.25) is 5.02 Å². The molecule has 2 heterocycles. The van der Waals surface area contributed by atoms with Gasteiger partial charge in [-0.15, -0.1) is 0 Å². The number of ketones is 1. The summed E-state index contributed by atoms with van der Waals surface area (Å²) in [4.78, 5) is 31.6. The van der Waals surface area contributed by atoms with Crippen molar-refractivity contribution in [3.05, 3.63) is 100 Å². The molecule has 156 valence electrons. The fraction of sp³-hybridized carbons (Fsp3) is 0.160. The first-order chi connectivity index (χ1) is 14.9. The summed E-state index contributed by atoms with van der Waals surface area (Å²) in [7, 11) is 0. The SMILES string of the molecule is CC(C)c1ccc(C2C(=C(O)c3ccc(Cl)cc3)C(=O)C(=O)N2c2cccnc2)cc1. The van der Waals surface area contributed by atoms with Crippen LogP contribution in [0, 0.1) is 0 Å². The highest BCUT2D eigenvalue weighted by molar-refractivity contribution is 6.51. The zero-order valence-electron chi connectivity index (χ0n) is 17.1. The van der Waals surface area contributed by atoms with Crippen molar-refractivity contribution in [1.82, 2.24) is 4.98 Å². The first-order valence-corrected chi connectivity index (χ1v) is 10.3. The molecule has 1 atom stereocenters. The van der Waals surface area contributed by atoms with E-state index >= 15 is 0 Å². The Balaban J connectivity index is 1.91. The average molecular weight is 433 g/mol. The van der Waals surface area contributed by atoms with Crippen molar-refractivity contribution >= 4 is 34.7 Å². The second-order valence-corrected chi connectivity index (χ2v) is 8.15. The summed E-state index contributed by atoms with van der Waals surface area (Å²) in [6.45, 7) is 4.19. The lowest BCUT2D eigenvalue weighted by molar-refractivity contribution is -0.132. The Morgan fingerprint density at radius 3 is 2.29 bits per heavy atom. The molecule has 0 aliphatic carbocycles.